The molecular formula is C18H28N2O2. The lowest BCUT2D eigenvalue weighted by atomic mass is 10.1. The molecule has 1 fully saturated rings. The van der Waals surface area contributed by atoms with Crippen molar-refractivity contribution in [3.8, 4) is 0 Å². The van der Waals surface area contributed by atoms with Crippen LogP contribution < -0.4 is 5.32 Å². The zero-order chi connectivity index (χ0) is 16.0. The van der Waals surface area contributed by atoms with E-state index in [-0.39, 0.29) is 6.09 Å². The van der Waals surface area contributed by atoms with E-state index in [1.165, 1.54) is 5.56 Å². The van der Waals surface area contributed by atoms with Crippen molar-refractivity contribution in [2.75, 3.05) is 13.1 Å². The maximum Gasteiger partial charge on any atom is 0.410 e. The van der Waals surface area contributed by atoms with E-state index < -0.39 is 5.60 Å². The summed E-state index contributed by atoms with van der Waals surface area (Å²) in [5.41, 5.74) is 0.839. The van der Waals surface area contributed by atoms with Gasteiger partial charge < -0.3 is 15.0 Å². The monoisotopic (exact) mass is 304 g/mol. The molecule has 1 aromatic rings. The van der Waals surface area contributed by atoms with Crippen LogP contribution in [0.3, 0.4) is 0 Å². The average molecular weight is 304 g/mol. The minimum Gasteiger partial charge on any atom is -0.444 e. The van der Waals surface area contributed by atoms with E-state index in [1.807, 2.05) is 31.7 Å². The summed E-state index contributed by atoms with van der Waals surface area (Å²) in [7, 11) is 0. The summed E-state index contributed by atoms with van der Waals surface area (Å²) < 4.78 is 5.50. The van der Waals surface area contributed by atoms with Gasteiger partial charge in [-0.15, -0.1) is 0 Å². The maximum absolute atomic E-state index is 12.3. The SMILES string of the molecule is CC(C)(C)OC(=O)N1CCCC[C@@H](NCc2ccccc2)C1. The van der Waals surface area contributed by atoms with E-state index in [9.17, 15) is 4.79 Å². The van der Waals surface area contributed by atoms with Crippen LogP contribution in [0.1, 0.15) is 45.6 Å². The van der Waals surface area contributed by atoms with Gasteiger partial charge in [0, 0.05) is 25.7 Å². The molecule has 4 heteroatoms. The number of nitrogens with one attached hydrogen (secondary N) is 1. The van der Waals surface area contributed by atoms with E-state index in [0.717, 1.165) is 38.9 Å². The molecule has 122 valence electrons. The second-order valence-electron chi connectivity index (χ2n) is 6.99. The predicted molar refractivity (Wildman–Crippen MR) is 88.7 cm³/mol. The number of carbonyl (C=O) groups excluding carboxylic acids is 1. The molecule has 0 saturated carbocycles. The lowest BCUT2D eigenvalue weighted by Crippen LogP contribution is -2.44. The first kappa shape index (κ1) is 16.8. The molecule has 1 aromatic carbocycles. The van der Waals surface area contributed by atoms with Crippen LogP contribution in [0.15, 0.2) is 30.3 Å². The van der Waals surface area contributed by atoms with Crippen molar-refractivity contribution in [2.45, 2.75) is 58.2 Å². The molecule has 1 amide bonds. The zero-order valence-corrected chi connectivity index (χ0v) is 14.0. The van der Waals surface area contributed by atoms with E-state index in [0.29, 0.717) is 6.04 Å². The number of likely N-dealkylation sites (tertiary alicyclic amines) is 1. The normalized spacial score (nSPS) is 19.6. The molecule has 0 bridgehead atoms. The number of nitrogens with zero attached hydrogens (tertiary/aromatic N) is 1. The van der Waals surface area contributed by atoms with Crippen molar-refractivity contribution in [3.63, 3.8) is 0 Å². The zero-order valence-electron chi connectivity index (χ0n) is 14.0. The van der Waals surface area contributed by atoms with Crippen LogP contribution in [0.4, 0.5) is 4.79 Å². The molecule has 1 atom stereocenters. The molecule has 0 unspecified atom stereocenters. The average Bonchev–Trinajstić information content (AvgIpc) is 2.70. The van der Waals surface area contributed by atoms with E-state index in [4.69, 9.17) is 4.74 Å². The molecule has 1 heterocycles. The van der Waals surface area contributed by atoms with Gasteiger partial charge in [-0.1, -0.05) is 36.8 Å². The first-order chi connectivity index (χ1) is 10.4. The van der Waals surface area contributed by atoms with Gasteiger partial charge in [0.05, 0.1) is 0 Å². The Hall–Kier alpha value is -1.55. The summed E-state index contributed by atoms with van der Waals surface area (Å²) in [5, 5.41) is 3.58. The lowest BCUT2D eigenvalue weighted by Gasteiger charge is -2.28. The number of ether oxygens (including phenoxy) is 1. The highest BCUT2D eigenvalue weighted by Crippen LogP contribution is 2.16. The predicted octanol–water partition coefficient (Wildman–Crippen LogP) is 3.57. The molecule has 1 saturated heterocycles. The Morgan fingerprint density at radius 3 is 2.68 bits per heavy atom. The minimum absolute atomic E-state index is 0.194. The van der Waals surface area contributed by atoms with Gasteiger partial charge in [0.1, 0.15) is 5.60 Å². The van der Waals surface area contributed by atoms with Crippen molar-refractivity contribution in [2.24, 2.45) is 0 Å². The molecule has 0 aliphatic carbocycles. The smallest absolute Gasteiger partial charge is 0.410 e. The molecule has 1 N–H and O–H groups in total. The molecule has 22 heavy (non-hydrogen) atoms. The first-order valence-corrected chi connectivity index (χ1v) is 8.19. The highest BCUT2D eigenvalue weighted by molar-refractivity contribution is 5.68. The summed E-state index contributed by atoms with van der Waals surface area (Å²) in [4.78, 5) is 14.1. The molecule has 0 aromatic heterocycles. The Morgan fingerprint density at radius 1 is 1.27 bits per heavy atom. The summed E-state index contributed by atoms with van der Waals surface area (Å²) in [6.45, 7) is 8.09. The summed E-state index contributed by atoms with van der Waals surface area (Å²) in [5.74, 6) is 0. The highest BCUT2D eigenvalue weighted by Gasteiger charge is 2.26. The van der Waals surface area contributed by atoms with Crippen molar-refractivity contribution in [1.82, 2.24) is 10.2 Å². The third kappa shape index (κ3) is 5.68. The van der Waals surface area contributed by atoms with Gasteiger partial charge in [-0.05, 0) is 39.2 Å². The van der Waals surface area contributed by atoms with Gasteiger partial charge >= 0.3 is 6.09 Å². The van der Waals surface area contributed by atoms with Crippen LogP contribution in [0, 0.1) is 0 Å². The maximum atomic E-state index is 12.3. The Labute approximate surface area is 133 Å². The van der Waals surface area contributed by atoms with E-state index in [2.05, 4.69) is 29.6 Å². The van der Waals surface area contributed by atoms with Gasteiger partial charge in [0.2, 0.25) is 0 Å². The Morgan fingerprint density at radius 2 is 2.00 bits per heavy atom. The second-order valence-corrected chi connectivity index (χ2v) is 6.99. The number of hydrogen-bond acceptors (Lipinski definition) is 3. The molecule has 4 nitrogen and oxygen atoms in total. The fraction of sp³-hybridized carbons (Fsp3) is 0.611. The third-order valence-electron chi connectivity index (χ3n) is 3.76. The van der Waals surface area contributed by atoms with Crippen LogP contribution >= 0.6 is 0 Å². The quantitative estimate of drug-likeness (QED) is 0.928. The molecule has 1 aliphatic rings. The minimum atomic E-state index is -0.434. The fourth-order valence-corrected chi connectivity index (χ4v) is 2.66. The topological polar surface area (TPSA) is 41.6 Å². The Bertz CT molecular complexity index is 468. The van der Waals surface area contributed by atoms with Gasteiger partial charge in [-0.2, -0.15) is 0 Å². The number of hydrogen-bond donors (Lipinski definition) is 1. The standard InChI is InChI=1S/C18H28N2O2/c1-18(2,3)22-17(21)20-12-8-7-11-16(14-20)19-13-15-9-5-4-6-10-15/h4-6,9-10,16,19H,7-8,11-14H2,1-3H3/t16-/m1/s1. The van der Waals surface area contributed by atoms with Crippen molar-refractivity contribution in [3.05, 3.63) is 35.9 Å². The largest absolute Gasteiger partial charge is 0.444 e. The van der Waals surface area contributed by atoms with E-state index in [1.54, 1.807) is 0 Å². The Balaban J connectivity index is 1.88. The summed E-state index contributed by atoms with van der Waals surface area (Å²) in [6, 6.07) is 10.7. The highest BCUT2D eigenvalue weighted by atomic mass is 16.6. The van der Waals surface area contributed by atoms with Gasteiger partial charge in [0.25, 0.3) is 0 Å². The third-order valence-corrected chi connectivity index (χ3v) is 3.76. The molecule has 0 spiro atoms. The fourth-order valence-electron chi connectivity index (χ4n) is 2.66. The molecular weight excluding hydrogens is 276 g/mol. The second kappa shape index (κ2) is 7.63. The molecule has 2 rings (SSSR count). The molecule has 1 aliphatic heterocycles. The van der Waals surface area contributed by atoms with Crippen LogP contribution in [0.2, 0.25) is 0 Å². The van der Waals surface area contributed by atoms with Gasteiger partial charge in [0.15, 0.2) is 0 Å². The van der Waals surface area contributed by atoms with Gasteiger partial charge in [-0.25, -0.2) is 4.79 Å². The van der Waals surface area contributed by atoms with E-state index >= 15 is 0 Å². The van der Waals surface area contributed by atoms with Crippen LogP contribution in [0.5, 0.6) is 0 Å². The van der Waals surface area contributed by atoms with Crippen LogP contribution in [0.25, 0.3) is 0 Å². The first-order valence-electron chi connectivity index (χ1n) is 8.19. The van der Waals surface area contributed by atoms with Crippen molar-refractivity contribution in [1.29, 1.82) is 0 Å². The number of benzene rings is 1. The summed E-state index contributed by atoms with van der Waals surface area (Å²) >= 11 is 0. The summed E-state index contributed by atoms with van der Waals surface area (Å²) in [6.07, 6.45) is 3.10. The van der Waals surface area contributed by atoms with Crippen LogP contribution in [-0.4, -0.2) is 35.7 Å². The number of rotatable bonds is 3. The number of carbonyl (C=O) groups is 1. The van der Waals surface area contributed by atoms with Crippen molar-refractivity contribution >= 4 is 6.09 Å². The van der Waals surface area contributed by atoms with Crippen LogP contribution in [-0.2, 0) is 11.3 Å². The van der Waals surface area contributed by atoms with Gasteiger partial charge in [-0.3, -0.25) is 0 Å². The lowest BCUT2D eigenvalue weighted by molar-refractivity contribution is 0.0243. The number of amides is 1. The Kier molecular flexibility index (Phi) is 5.83. The van der Waals surface area contributed by atoms with Crippen molar-refractivity contribution < 1.29 is 9.53 Å². The molecule has 0 radical (unpaired) electrons.